The van der Waals surface area contributed by atoms with E-state index in [9.17, 15) is 4.79 Å². The van der Waals surface area contributed by atoms with Crippen molar-refractivity contribution in [2.75, 3.05) is 0 Å². The predicted molar refractivity (Wildman–Crippen MR) is 71.2 cm³/mol. The molecule has 1 aliphatic rings. The SMILES string of the molecule is CC(C)(C)CC(=O)NCc1nnnn1C1CCCC1. The van der Waals surface area contributed by atoms with E-state index in [1.54, 1.807) is 0 Å². The van der Waals surface area contributed by atoms with Gasteiger partial charge in [-0.25, -0.2) is 4.68 Å². The second-order valence-electron chi connectivity index (χ2n) is 6.49. The topological polar surface area (TPSA) is 72.7 Å². The van der Waals surface area contributed by atoms with Crippen molar-refractivity contribution in [3.63, 3.8) is 0 Å². The van der Waals surface area contributed by atoms with Crippen LogP contribution in [0.4, 0.5) is 0 Å². The number of nitrogens with zero attached hydrogens (tertiary/aromatic N) is 4. The van der Waals surface area contributed by atoms with E-state index >= 15 is 0 Å². The first-order valence-corrected chi connectivity index (χ1v) is 6.99. The van der Waals surface area contributed by atoms with Crippen molar-refractivity contribution < 1.29 is 4.79 Å². The predicted octanol–water partition coefficient (Wildman–Crippen LogP) is 1.84. The molecule has 2 rings (SSSR count). The Kier molecular flexibility index (Phi) is 4.17. The van der Waals surface area contributed by atoms with Crippen LogP contribution in [0.3, 0.4) is 0 Å². The fraction of sp³-hybridized carbons (Fsp3) is 0.846. The average Bonchev–Trinajstić information content (AvgIpc) is 2.94. The van der Waals surface area contributed by atoms with Gasteiger partial charge in [-0.2, -0.15) is 0 Å². The van der Waals surface area contributed by atoms with Gasteiger partial charge < -0.3 is 5.32 Å². The quantitative estimate of drug-likeness (QED) is 0.901. The average molecular weight is 265 g/mol. The van der Waals surface area contributed by atoms with E-state index in [2.05, 4.69) is 41.6 Å². The lowest BCUT2D eigenvalue weighted by atomic mass is 9.92. The van der Waals surface area contributed by atoms with Gasteiger partial charge in [-0.3, -0.25) is 4.79 Å². The molecule has 0 atom stereocenters. The summed E-state index contributed by atoms with van der Waals surface area (Å²) in [6, 6.07) is 0.407. The lowest BCUT2D eigenvalue weighted by Gasteiger charge is -2.17. The number of nitrogens with one attached hydrogen (secondary N) is 1. The number of carbonyl (C=O) groups is 1. The molecule has 1 aliphatic carbocycles. The molecule has 0 radical (unpaired) electrons. The second-order valence-corrected chi connectivity index (χ2v) is 6.49. The minimum absolute atomic E-state index is 0.00145. The number of tetrazole rings is 1. The summed E-state index contributed by atoms with van der Waals surface area (Å²) >= 11 is 0. The van der Waals surface area contributed by atoms with Gasteiger partial charge in [0.15, 0.2) is 5.82 Å². The smallest absolute Gasteiger partial charge is 0.220 e. The summed E-state index contributed by atoms with van der Waals surface area (Å²) < 4.78 is 1.88. The van der Waals surface area contributed by atoms with Crippen molar-refractivity contribution in [3.8, 4) is 0 Å². The standard InChI is InChI=1S/C13H23N5O/c1-13(2,3)8-12(19)14-9-11-15-16-17-18(11)10-6-4-5-7-10/h10H,4-9H2,1-3H3,(H,14,19). The van der Waals surface area contributed by atoms with Crippen LogP contribution in [-0.4, -0.2) is 26.1 Å². The van der Waals surface area contributed by atoms with Crippen LogP contribution in [0.15, 0.2) is 0 Å². The lowest BCUT2D eigenvalue weighted by molar-refractivity contribution is -0.123. The summed E-state index contributed by atoms with van der Waals surface area (Å²) in [4.78, 5) is 11.8. The Morgan fingerprint density at radius 2 is 2.05 bits per heavy atom. The Morgan fingerprint density at radius 1 is 1.37 bits per heavy atom. The van der Waals surface area contributed by atoms with Crippen molar-refractivity contribution >= 4 is 5.91 Å². The van der Waals surface area contributed by atoms with Crippen LogP contribution in [0.1, 0.15) is 64.7 Å². The summed E-state index contributed by atoms with van der Waals surface area (Å²) in [6.07, 6.45) is 5.25. The van der Waals surface area contributed by atoms with E-state index in [1.807, 2.05) is 4.68 Å². The molecule has 19 heavy (non-hydrogen) atoms. The molecule has 6 heteroatoms. The maximum Gasteiger partial charge on any atom is 0.220 e. The van der Waals surface area contributed by atoms with Crippen molar-refractivity contribution in [2.24, 2.45) is 5.41 Å². The third kappa shape index (κ3) is 4.01. The van der Waals surface area contributed by atoms with Gasteiger partial charge in [0.25, 0.3) is 0 Å². The first-order chi connectivity index (χ1) is 8.96. The summed E-state index contributed by atoms with van der Waals surface area (Å²) in [7, 11) is 0. The Bertz CT molecular complexity index is 428. The van der Waals surface area contributed by atoms with Crippen LogP contribution in [0.2, 0.25) is 0 Å². The molecular weight excluding hydrogens is 242 g/mol. The van der Waals surface area contributed by atoms with Crippen molar-refractivity contribution in [2.45, 2.75) is 65.5 Å². The van der Waals surface area contributed by atoms with Gasteiger partial charge in [-0.05, 0) is 28.7 Å². The molecular formula is C13H23N5O. The second kappa shape index (κ2) is 5.67. The van der Waals surface area contributed by atoms with Crippen molar-refractivity contribution in [1.82, 2.24) is 25.5 Å². The van der Waals surface area contributed by atoms with Crippen LogP contribution >= 0.6 is 0 Å². The zero-order valence-corrected chi connectivity index (χ0v) is 12.0. The third-order valence-corrected chi connectivity index (χ3v) is 3.37. The molecule has 1 heterocycles. The molecule has 1 fully saturated rings. The van der Waals surface area contributed by atoms with Crippen LogP contribution in [0.25, 0.3) is 0 Å². The Morgan fingerprint density at radius 3 is 2.68 bits per heavy atom. The van der Waals surface area contributed by atoms with E-state index in [1.165, 1.54) is 12.8 Å². The highest BCUT2D eigenvalue weighted by Gasteiger charge is 2.22. The summed E-state index contributed by atoms with van der Waals surface area (Å²) in [5.74, 6) is 0.808. The normalized spacial score (nSPS) is 16.8. The molecule has 1 aromatic rings. The zero-order chi connectivity index (χ0) is 13.9. The first kappa shape index (κ1) is 14.0. The van der Waals surface area contributed by atoms with Crippen LogP contribution in [0, 0.1) is 5.41 Å². The van der Waals surface area contributed by atoms with Crippen LogP contribution in [0.5, 0.6) is 0 Å². The van der Waals surface area contributed by atoms with Crippen molar-refractivity contribution in [1.29, 1.82) is 0 Å². The van der Waals surface area contributed by atoms with Crippen LogP contribution in [-0.2, 0) is 11.3 Å². The molecule has 1 aromatic heterocycles. The highest BCUT2D eigenvalue weighted by molar-refractivity contribution is 5.76. The molecule has 0 spiro atoms. The number of aromatic nitrogens is 4. The number of hydrogen-bond donors (Lipinski definition) is 1. The molecule has 1 amide bonds. The fourth-order valence-corrected chi connectivity index (χ4v) is 2.48. The number of carbonyl (C=O) groups excluding carboxylic acids is 1. The number of hydrogen-bond acceptors (Lipinski definition) is 4. The minimum atomic E-state index is 0.00145. The Hall–Kier alpha value is -1.46. The van der Waals surface area contributed by atoms with E-state index in [0.717, 1.165) is 18.7 Å². The molecule has 0 saturated heterocycles. The maximum absolute atomic E-state index is 11.8. The van der Waals surface area contributed by atoms with Crippen LogP contribution < -0.4 is 5.32 Å². The summed E-state index contributed by atoms with van der Waals surface area (Å²) in [6.45, 7) is 6.57. The van der Waals surface area contributed by atoms with Gasteiger partial charge in [0.1, 0.15) is 0 Å². The third-order valence-electron chi connectivity index (χ3n) is 3.37. The highest BCUT2D eigenvalue weighted by Crippen LogP contribution is 2.29. The van der Waals surface area contributed by atoms with E-state index in [0.29, 0.717) is 19.0 Å². The monoisotopic (exact) mass is 265 g/mol. The van der Waals surface area contributed by atoms with Gasteiger partial charge in [0, 0.05) is 6.42 Å². The van der Waals surface area contributed by atoms with E-state index in [-0.39, 0.29) is 11.3 Å². The maximum atomic E-state index is 11.8. The first-order valence-electron chi connectivity index (χ1n) is 6.99. The largest absolute Gasteiger partial charge is 0.349 e. The molecule has 0 bridgehead atoms. The molecule has 106 valence electrons. The Balaban J connectivity index is 1.89. The summed E-state index contributed by atoms with van der Waals surface area (Å²) in [5, 5.41) is 14.7. The Labute approximate surface area is 113 Å². The molecule has 0 aromatic carbocycles. The number of amides is 1. The van der Waals surface area contributed by atoms with E-state index in [4.69, 9.17) is 0 Å². The summed E-state index contributed by atoms with van der Waals surface area (Å²) in [5.41, 5.74) is 0.00145. The van der Waals surface area contributed by atoms with Gasteiger partial charge in [-0.15, -0.1) is 5.10 Å². The molecule has 6 nitrogen and oxygen atoms in total. The number of rotatable bonds is 4. The van der Waals surface area contributed by atoms with Crippen molar-refractivity contribution in [3.05, 3.63) is 5.82 Å². The highest BCUT2D eigenvalue weighted by atomic mass is 16.1. The fourth-order valence-electron chi connectivity index (χ4n) is 2.48. The van der Waals surface area contributed by atoms with Gasteiger partial charge >= 0.3 is 0 Å². The van der Waals surface area contributed by atoms with Gasteiger partial charge in [0.05, 0.1) is 12.6 Å². The molecule has 0 unspecified atom stereocenters. The molecule has 0 aliphatic heterocycles. The minimum Gasteiger partial charge on any atom is -0.349 e. The van der Waals surface area contributed by atoms with Gasteiger partial charge in [0.2, 0.25) is 5.91 Å². The molecule has 1 saturated carbocycles. The zero-order valence-electron chi connectivity index (χ0n) is 12.0. The van der Waals surface area contributed by atoms with E-state index < -0.39 is 0 Å². The lowest BCUT2D eigenvalue weighted by Crippen LogP contribution is -2.28. The molecule has 1 N–H and O–H groups in total. The van der Waals surface area contributed by atoms with Gasteiger partial charge in [-0.1, -0.05) is 33.6 Å².